The van der Waals surface area contributed by atoms with Crippen molar-refractivity contribution in [2.75, 3.05) is 12.4 Å². The third kappa shape index (κ3) is 3.05. The molecule has 0 saturated heterocycles. The monoisotopic (exact) mass is 345 g/mol. The molecule has 1 atom stereocenters. The number of carbonyl (C=O) groups excluding carboxylic acids is 1. The molecule has 0 bridgehead atoms. The van der Waals surface area contributed by atoms with Crippen LogP contribution in [0.3, 0.4) is 0 Å². The molecule has 1 N–H and O–H groups in total. The summed E-state index contributed by atoms with van der Waals surface area (Å²) in [5.74, 6) is 0. The first-order valence-electron chi connectivity index (χ1n) is 7.53. The van der Waals surface area contributed by atoms with Crippen molar-refractivity contribution in [2.24, 2.45) is 0 Å². The highest BCUT2D eigenvalue weighted by Gasteiger charge is 2.28. The summed E-state index contributed by atoms with van der Waals surface area (Å²) in [6, 6.07) is 11.8. The van der Waals surface area contributed by atoms with Crippen LogP contribution in [-0.2, 0) is 6.42 Å². The van der Waals surface area contributed by atoms with E-state index in [1.165, 1.54) is 23.8 Å². The summed E-state index contributed by atoms with van der Waals surface area (Å²) >= 11 is 6.03. The molecule has 2 aromatic carbocycles. The number of urea groups is 1. The van der Waals surface area contributed by atoms with Crippen LogP contribution in [0.5, 0.6) is 0 Å². The molecular formula is C17H16ClN3O3. The van der Waals surface area contributed by atoms with Crippen LogP contribution in [0.1, 0.15) is 23.6 Å². The lowest BCUT2D eigenvalue weighted by Crippen LogP contribution is -2.34. The van der Waals surface area contributed by atoms with Gasteiger partial charge in [0.15, 0.2) is 0 Å². The third-order valence-corrected chi connectivity index (χ3v) is 4.61. The number of rotatable bonds is 3. The molecule has 6 nitrogen and oxygen atoms in total. The SMILES string of the molecule is CN(C(=O)Nc1ccc([N+](=O)[O-])cc1Cl)C1CCc2ccccc21. The maximum absolute atomic E-state index is 12.5. The van der Waals surface area contributed by atoms with E-state index in [4.69, 9.17) is 11.6 Å². The lowest BCUT2D eigenvalue weighted by molar-refractivity contribution is -0.384. The number of hydrogen-bond acceptors (Lipinski definition) is 3. The fraction of sp³-hybridized carbons (Fsp3) is 0.235. The molecule has 1 aliphatic carbocycles. The molecule has 124 valence electrons. The minimum absolute atomic E-state index is 0.0121. The van der Waals surface area contributed by atoms with Gasteiger partial charge in [0.2, 0.25) is 0 Å². The number of carbonyl (C=O) groups is 1. The summed E-state index contributed by atoms with van der Waals surface area (Å²) < 4.78 is 0. The molecule has 24 heavy (non-hydrogen) atoms. The van der Waals surface area contributed by atoms with E-state index in [9.17, 15) is 14.9 Å². The highest BCUT2D eigenvalue weighted by atomic mass is 35.5. The van der Waals surface area contributed by atoms with E-state index in [2.05, 4.69) is 11.4 Å². The van der Waals surface area contributed by atoms with Crippen LogP contribution in [-0.4, -0.2) is 22.9 Å². The Balaban J connectivity index is 1.75. The van der Waals surface area contributed by atoms with Crippen molar-refractivity contribution in [3.05, 3.63) is 68.7 Å². The van der Waals surface area contributed by atoms with Crippen LogP contribution in [0.2, 0.25) is 5.02 Å². The molecule has 0 aliphatic heterocycles. The molecule has 2 aromatic rings. The van der Waals surface area contributed by atoms with E-state index >= 15 is 0 Å². The minimum atomic E-state index is -0.529. The summed E-state index contributed by atoms with van der Waals surface area (Å²) in [5.41, 5.74) is 2.65. The highest BCUT2D eigenvalue weighted by molar-refractivity contribution is 6.33. The molecule has 0 heterocycles. The van der Waals surface area contributed by atoms with Gasteiger partial charge in [-0.05, 0) is 30.0 Å². The molecule has 0 spiro atoms. The zero-order valence-electron chi connectivity index (χ0n) is 13.0. The fourth-order valence-electron chi connectivity index (χ4n) is 3.00. The number of halogens is 1. The molecular weight excluding hydrogens is 330 g/mol. The number of benzene rings is 2. The van der Waals surface area contributed by atoms with E-state index in [0.29, 0.717) is 5.69 Å². The van der Waals surface area contributed by atoms with Gasteiger partial charge in [0.1, 0.15) is 0 Å². The van der Waals surface area contributed by atoms with Gasteiger partial charge in [-0.15, -0.1) is 0 Å². The number of anilines is 1. The van der Waals surface area contributed by atoms with Crippen LogP contribution in [0, 0.1) is 10.1 Å². The minimum Gasteiger partial charge on any atom is -0.321 e. The van der Waals surface area contributed by atoms with E-state index in [1.807, 2.05) is 18.2 Å². The van der Waals surface area contributed by atoms with Gasteiger partial charge in [-0.25, -0.2) is 4.79 Å². The van der Waals surface area contributed by atoms with Crippen molar-refractivity contribution in [2.45, 2.75) is 18.9 Å². The zero-order chi connectivity index (χ0) is 17.3. The number of amides is 2. The van der Waals surface area contributed by atoms with Gasteiger partial charge < -0.3 is 10.2 Å². The van der Waals surface area contributed by atoms with Crippen LogP contribution in [0.15, 0.2) is 42.5 Å². The maximum atomic E-state index is 12.5. The second-order valence-electron chi connectivity index (χ2n) is 5.72. The van der Waals surface area contributed by atoms with Gasteiger partial charge in [0.25, 0.3) is 5.69 Å². The molecule has 0 fully saturated rings. The van der Waals surface area contributed by atoms with E-state index < -0.39 is 4.92 Å². The summed E-state index contributed by atoms with van der Waals surface area (Å²) in [7, 11) is 1.74. The van der Waals surface area contributed by atoms with Gasteiger partial charge >= 0.3 is 6.03 Å². The third-order valence-electron chi connectivity index (χ3n) is 4.29. The van der Waals surface area contributed by atoms with Crippen molar-refractivity contribution in [1.82, 2.24) is 4.90 Å². The predicted molar refractivity (Wildman–Crippen MR) is 92.4 cm³/mol. The van der Waals surface area contributed by atoms with Gasteiger partial charge in [0, 0.05) is 19.2 Å². The van der Waals surface area contributed by atoms with Crippen molar-refractivity contribution in [3.8, 4) is 0 Å². The summed E-state index contributed by atoms with van der Waals surface area (Å²) in [4.78, 5) is 24.4. The van der Waals surface area contributed by atoms with Gasteiger partial charge in [0.05, 0.1) is 21.7 Å². The lowest BCUT2D eigenvalue weighted by Gasteiger charge is -2.26. The number of aryl methyl sites for hydroxylation is 1. The Kier molecular flexibility index (Phi) is 4.40. The Morgan fingerprint density at radius 2 is 2.08 bits per heavy atom. The number of fused-ring (bicyclic) bond motifs is 1. The van der Waals surface area contributed by atoms with Crippen LogP contribution < -0.4 is 5.32 Å². The number of nitro benzene ring substituents is 1. The molecule has 0 radical (unpaired) electrons. The predicted octanol–water partition coefficient (Wildman–Crippen LogP) is 4.40. The molecule has 3 rings (SSSR count). The average molecular weight is 346 g/mol. The largest absolute Gasteiger partial charge is 0.322 e. The van der Waals surface area contributed by atoms with Gasteiger partial charge in [-0.3, -0.25) is 10.1 Å². The summed E-state index contributed by atoms with van der Waals surface area (Å²) in [6.45, 7) is 0. The Hall–Kier alpha value is -2.60. The van der Waals surface area contributed by atoms with Crippen LogP contribution >= 0.6 is 11.6 Å². The van der Waals surface area contributed by atoms with Crippen molar-refractivity contribution in [3.63, 3.8) is 0 Å². The smallest absolute Gasteiger partial charge is 0.321 e. The van der Waals surface area contributed by atoms with E-state index in [0.717, 1.165) is 18.4 Å². The molecule has 0 saturated carbocycles. The quantitative estimate of drug-likeness (QED) is 0.661. The highest BCUT2D eigenvalue weighted by Crippen LogP contribution is 2.35. The van der Waals surface area contributed by atoms with Crippen molar-refractivity contribution < 1.29 is 9.72 Å². The molecule has 7 heteroatoms. The standard InChI is InChI=1S/C17H16ClN3O3/c1-20(16-9-6-11-4-2-3-5-13(11)16)17(22)19-15-8-7-12(21(23)24)10-14(15)18/h2-5,7-8,10,16H,6,9H2,1H3,(H,19,22). The van der Waals surface area contributed by atoms with E-state index in [-0.39, 0.29) is 22.8 Å². The Labute approximate surface area is 144 Å². The normalized spacial score (nSPS) is 15.7. The van der Waals surface area contributed by atoms with Crippen LogP contribution in [0.4, 0.5) is 16.2 Å². The summed E-state index contributed by atoms with van der Waals surface area (Å²) in [5, 5.41) is 13.6. The summed E-state index contributed by atoms with van der Waals surface area (Å²) in [6.07, 6.45) is 1.81. The van der Waals surface area contributed by atoms with Crippen LogP contribution in [0.25, 0.3) is 0 Å². The first-order valence-corrected chi connectivity index (χ1v) is 7.90. The number of hydrogen-bond donors (Lipinski definition) is 1. The number of non-ortho nitro benzene ring substituents is 1. The molecule has 1 aliphatic rings. The van der Waals surface area contributed by atoms with Crippen molar-refractivity contribution in [1.29, 1.82) is 0 Å². The van der Waals surface area contributed by atoms with Gasteiger partial charge in [-0.2, -0.15) is 0 Å². The average Bonchev–Trinajstić information content (AvgIpc) is 2.99. The molecule has 2 amide bonds. The lowest BCUT2D eigenvalue weighted by atomic mass is 10.1. The zero-order valence-corrected chi connectivity index (χ0v) is 13.8. The molecule has 1 unspecified atom stereocenters. The Morgan fingerprint density at radius 1 is 1.33 bits per heavy atom. The number of nitrogens with one attached hydrogen (secondary N) is 1. The second kappa shape index (κ2) is 6.49. The van der Waals surface area contributed by atoms with E-state index in [1.54, 1.807) is 11.9 Å². The second-order valence-corrected chi connectivity index (χ2v) is 6.12. The number of nitrogens with zero attached hydrogens (tertiary/aromatic N) is 2. The Morgan fingerprint density at radius 3 is 2.79 bits per heavy atom. The maximum Gasteiger partial charge on any atom is 0.322 e. The topological polar surface area (TPSA) is 75.5 Å². The Bertz CT molecular complexity index is 809. The van der Waals surface area contributed by atoms with Crippen molar-refractivity contribution >= 4 is 29.0 Å². The first kappa shape index (κ1) is 16.3. The van der Waals surface area contributed by atoms with Gasteiger partial charge in [-0.1, -0.05) is 35.9 Å². The number of nitro groups is 1. The fourth-order valence-corrected chi connectivity index (χ4v) is 3.22. The molecule has 0 aromatic heterocycles. The first-order chi connectivity index (χ1) is 11.5.